The van der Waals surface area contributed by atoms with Crippen molar-refractivity contribution in [2.24, 2.45) is 5.92 Å². The molecule has 22 heavy (non-hydrogen) atoms. The fourth-order valence-corrected chi connectivity index (χ4v) is 2.90. The van der Waals surface area contributed by atoms with Gasteiger partial charge in [-0.15, -0.1) is 0 Å². The Morgan fingerprint density at radius 2 is 2.32 bits per heavy atom. The fourth-order valence-electron chi connectivity index (χ4n) is 2.90. The molecule has 1 saturated heterocycles. The van der Waals surface area contributed by atoms with E-state index in [4.69, 9.17) is 4.52 Å². The average Bonchev–Trinajstić information content (AvgIpc) is 3.09. The van der Waals surface area contributed by atoms with Gasteiger partial charge < -0.3 is 14.7 Å². The smallest absolute Gasteiger partial charge is 0.276 e. The maximum Gasteiger partial charge on any atom is 0.276 e. The van der Waals surface area contributed by atoms with Gasteiger partial charge in [-0.2, -0.15) is 0 Å². The Balaban J connectivity index is 1.67. The van der Waals surface area contributed by atoms with Crippen LogP contribution in [0.1, 0.15) is 29.0 Å². The van der Waals surface area contributed by atoms with E-state index >= 15 is 0 Å². The van der Waals surface area contributed by atoms with E-state index in [1.165, 1.54) is 6.26 Å². The first-order valence-electron chi connectivity index (χ1n) is 7.45. The number of aromatic nitrogens is 3. The number of piperidine rings is 1. The van der Waals surface area contributed by atoms with Crippen LogP contribution in [0.5, 0.6) is 0 Å². The first kappa shape index (κ1) is 14.5. The number of hydrogen-bond acceptors (Lipinski definition) is 6. The SMILES string of the molecule is CNc1nccnc1C[C@H]1CCCN(C(=O)c2ccon2)C1. The van der Waals surface area contributed by atoms with Crippen molar-refractivity contribution in [3.8, 4) is 0 Å². The highest BCUT2D eigenvalue weighted by Gasteiger charge is 2.26. The van der Waals surface area contributed by atoms with Gasteiger partial charge in [0.05, 0.1) is 5.69 Å². The number of likely N-dealkylation sites (tertiary alicyclic amines) is 1. The minimum Gasteiger partial charge on any atom is -0.372 e. The molecular weight excluding hydrogens is 282 g/mol. The number of amides is 1. The Kier molecular flexibility index (Phi) is 4.32. The number of rotatable bonds is 4. The van der Waals surface area contributed by atoms with Gasteiger partial charge in [0.25, 0.3) is 5.91 Å². The highest BCUT2D eigenvalue weighted by molar-refractivity contribution is 5.92. The second kappa shape index (κ2) is 6.55. The van der Waals surface area contributed by atoms with Gasteiger partial charge in [0.2, 0.25) is 0 Å². The quantitative estimate of drug-likeness (QED) is 0.923. The van der Waals surface area contributed by atoms with Gasteiger partial charge in [-0.3, -0.25) is 9.78 Å². The molecule has 0 spiro atoms. The van der Waals surface area contributed by atoms with Crippen LogP contribution in [-0.4, -0.2) is 46.1 Å². The van der Waals surface area contributed by atoms with Crippen molar-refractivity contribution in [1.29, 1.82) is 0 Å². The molecule has 1 fully saturated rings. The zero-order valence-corrected chi connectivity index (χ0v) is 12.5. The van der Waals surface area contributed by atoms with E-state index in [0.717, 1.165) is 37.3 Å². The maximum absolute atomic E-state index is 12.3. The van der Waals surface area contributed by atoms with Crippen LogP contribution in [0.4, 0.5) is 5.82 Å². The Hall–Kier alpha value is -2.44. The van der Waals surface area contributed by atoms with E-state index in [9.17, 15) is 4.79 Å². The minimum absolute atomic E-state index is 0.0635. The van der Waals surface area contributed by atoms with Gasteiger partial charge in [-0.05, 0) is 25.2 Å². The zero-order chi connectivity index (χ0) is 15.4. The van der Waals surface area contributed by atoms with Gasteiger partial charge in [-0.1, -0.05) is 5.16 Å². The van der Waals surface area contributed by atoms with Crippen molar-refractivity contribution >= 4 is 11.7 Å². The highest BCUT2D eigenvalue weighted by atomic mass is 16.5. The molecule has 3 rings (SSSR count). The summed E-state index contributed by atoms with van der Waals surface area (Å²) in [7, 11) is 1.84. The first-order valence-corrected chi connectivity index (χ1v) is 7.45. The molecule has 0 bridgehead atoms. The summed E-state index contributed by atoms with van der Waals surface area (Å²) < 4.78 is 4.76. The summed E-state index contributed by atoms with van der Waals surface area (Å²) in [6.07, 6.45) is 7.69. The van der Waals surface area contributed by atoms with E-state index in [2.05, 4.69) is 20.4 Å². The van der Waals surface area contributed by atoms with E-state index in [1.54, 1.807) is 18.5 Å². The lowest BCUT2D eigenvalue weighted by Gasteiger charge is -2.32. The fraction of sp³-hybridized carbons (Fsp3) is 0.467. The monoisotopic (exact) mass is 301 g/mol. The molecule has 2 aromatic rings. The summed E-state index contributed by atoms with van der Waals surface area (Å²) in [4.78, 5) is 22.9. The van der Waals surface area contributed by atoms with Crippen LogP contribution in [0.25, 0.3) is 0 Å². The molecule has 1 amide bonds. The zero-order valence-electron chi connectivity index (χ0n) is 12.5. The van der Waals surface area contributed by atoms with Crippen LogP contribution in [0, 0.1) is 5.92 Å². The van der Waals surface area contributed by atoms with Crippen LogP contribution in [0.15, 0.2) is 29.2 Å². The molecule has 0 radical (unpaired) electrons. The molecule has 0 unspecified atom stereocenters. The number of nitrogens with zero attached hydrogens (tertiary/aromatic N) is 4. The molecule has 1 N–H and O–H groups in total. The molecule has 0 aliphatic carbocycles. The topological polar surface area (TPSA) is 84.2 Å². The van der Waals surface area contributed by atoms with E-state index in [-0.39, 0.29) is 5.91 Å². The number of carbonyl (C=O) groups is 1. The molecule has 1 aliphatic heterocycles. The molecule has 7 heteroatoms. The van der Waals surface area contributed by atoms with Crippen molar-refractivity contribution in [1.82, 2.24) is 20.0 Å². The Labute approximate surface area is 128 Å². The summed E-state index contributed by atoms with van der Waals surface area (Å²) >= 11 is 0. The van der Waals surface area contributed by atoms with Crippen molar-refractivity contribution < 1.29 is 9.32 Å². The Morgan fingerprint density at radius 1 is 1.45 bits per heavy atom. The third-order valence-electron chi connectivity index (χ3n) is 3.96. The van der Waals surface area contributed by atoms with Gasteiger partial charge in [0.1, 0.15) is 12.1 Å². The first-order chi connectivity index (χ1) is 10.8. The van der Waals surface area contributed by atoms with Crippen LogP contribution in [0.2, 0.25) is 0 Å². The maximum atomic E-state index is 12.3. The molecule has 0 saturated carbocycles. The summed E-state index contributed by atoms with van der Waals surface area (Å²) in [5.74, 6) is 1.13. The summed E-state index contributed by atoms with van der Waals surface area (Å²) in [5.41, 5.74) is 1.32. The highest BCUT2D eigenvalue weighted by Crippen LogP contribution is 2.23. The van der Waals surface area contributed by atoms with Gasteiger partial charge in [0, 0.05) is 38.6 Å². The van der Waals surface area contributed by atoms with Crippen LogP contribution in [-0.2, 0) is 6.42 Å². The van der Waals surface area contributed by atoms with Crippen molar-refractivity contribution in [2.45, 2.75) is 19.3 Å². The molecule has 3 heterocycles. The Morgan fingerprint density at radius 3 is 3.09 bits per heavy atom. The molecule has 1 atom stereocenters. The van der Waals surface area contributed by atoms with Crippen LogP contribution < -0.4 is 5.32 Å². The van der Waals surface area contributed by atoms with E-state index < -0.39 is 0 Å². The standard InChI is InChI=1S/C15H19N5O2/c1-16-14-13(17-5-6-18-14)9-11-3-2-7-20(10-11)15(21)12-4-8-22-19-12/h4-6,8,11H,2-3,7,9-10H2,1H3,(H,16,18)/t11-/m1/s1. The van der Waals surface area contributed by atoms with E-state index in [1.807, 2.05) is 11.9 Å². The molecule has 2 aromatic heterocycles. The average molecular weight is 301 g/mol. The molecule has 0 aromatic carbocycles. The number of anilines is 1. The normalized spacial score (nSPS) is 18.2. The molecule has 1 aliphatic rings. The third-order valence-corrected chi connectivity index (χ3v) is 3.96. The summed E-state index contributed by atoms with van der Waals surface area (Å²) in [5, 5.41) is 6.79. The van der Waals surface area contributed by atoms with Crippen molar-refractivity contribution in [2.75, 3.05) is 25.5 Å². The second-order valence-corrected chi connectivity index (χ2v) is 5.45. The lowest BCUT2D eigenvalue weighted by Crippen LogP contribution is -2.40. The Bertz CT molecular complexity index is 629. The predicted octanol–water partition coefficient (Wildman–Crippen LogP) is 1.60. The largest absolute Gasteiger partial charge is 0.372 e. The lowest BCUT2D eigenvalue weighted by molar-refractivity contribution is 0.0662. The van der Waals surface area contributed by atoms with Gasteiger partial charge >= 0.3 is 0 Å². The van der Waals surface area contributed by atoms with Gasteiger partial charge in [0.15, 0.2) is 5.69 Å². The lowest BCUT2D eigenvalue weighted by atomic mass is 9.93. The van der Waals surface area contributed by atoms with Crippen LogP contribution >= 0.6 is 0 Å². The molecule has 116 valence electrons. The molecular formula is C15H19N5O2. The number of hydrogen-bond donors (Lipinski definition) is 1. The molecule has 7 nitrogen and oxygen atoms in total. The van der Waals surface area contributed by atoms with Crippen LogP contribution in [0.3, 0.4) is 0 Å². The van der Waals surface area contributed by atoms with E-state index in [0.29, 0.717) is 18.2 Å². The van der Waals surface area contributed by atoms with Crippen molar-refractivity contribution in [3.05, 3.63) is 36.1 Å². The minimum atomic E-state index is -0.0635. The summed E-state index contributed by atoms with van der Waals surface area (Å²) in [6, 6.07) is 1.60. The van der Waals surface area contributed by atoms with Gasteiger partial charge in [-0.25, -0.2) is 4.98 Å². The third kappa shape index (κ3) is 3.08. The van der Waals surface area contributed by atoms with Crippen molar-refractivity contribution in [3.63, 3.8) is 0 Å². The summed E-state index contributed by atoms with van der Waals surface area (Å²) in [6.45, 7) is 1.48. The second-order valence-electron chi connectivity index (χ2n) is 5.45. The predicted molar refractivity (Wildman–Crippen MR) is 80.4 cm³/mol. The number of nitrogens with one attached hydrogen (secondary N) is 1. The number of carbonyl (C=O) groups excluding carboxylic acids is 1.